The van der Waals surface area contributed by atoms with Crippen LogP contribution in [0.4, 0.5) is 10.1 Å². The number of aromatic nitrogens is 1. The fourth-order valence-corrected chi connectivity index (χ4v) is 3.07. The van der Waals surface area contributed by atoms with Gasteiger partial charge >= 0.3 is 0 Å². The van der Waals surface area contributed by atoms with Crippen LogP contribution in [0, 0.1) is 5.82 Å². The zero-order valence-corrected chi connectivity index (χ0v) is 12.7. The van der Waals surface area contributed by atoms with Gasteiger partial charge < -0.3 is 20.1 Å². The van der Waals surface area contributed by atoms with Crippen molar-refractivity contribution in [1.29, 1.82) is 0 Å². The van der Waals surface area contributed by atoms with Crippen LogP contribution < -0.4 is 10.1 Å². The first kappa shape index (κ1) is 14.7. The minimum absolute atomic E-state index is 0.0377. The minimum atomic E-state index is -0.397. The topological polar surface area (TPSA) is 74.3 Å². The average Bonchev–Trinajstić information content (AvgIpc) is 3.14. The molecule has 0 saturated carbocycles. The summed E-state index contributed by atoms with van der Waals surface area (Å²) in [5, 5.41) is 13.4. The number of anilines is 1. The van der Waals surface area contributed by atoms with Gasteiger partial charge in [0, 0.05) is 46.9 Å². The number of amides is 1. The molecular weight excluding hydrogens is 311 g/mol. The van der Waals surface area contributed by atoms with E-state index in [0.29, 0.717) is 41.3 Å². The average molecular weight is 326 g/mol. The zero-order chi connectivity index (χ0) is 16.7. The second-order valence-corrected chi connectivity index (χ2v) is 5.64. The fourth-order valence-electron chi connectivity index (χ4n) is 3.07. The molecule has 2 aromatic carbocycles. The summed E-state index contributed by atoms with van der Waals surface area (Å²) in [6.45, 7) is 0.394. The number of ether oxygens (including phenoxy) is 1. The quantitative estimate of drug-likeness (QED) is 0.630. The number of benzene rings is 2. The predicted molar refractivity (Wildman–Crippen MR) is 88.8 cm³/mol. The molecular formula is C18H15FN2O3. The van der Waals surface area contributed by atoms with E-state index in [4.69, 9.17) is 9.84 Å². The molecule has 0 atom stereocenters. The number of aliphatic hydroxyl groups is 1. The zero-order valence-electron chi connectivity index (χ0n) is 12.7. The van der Waals surface area contributed by atoms with Crippen LogP contribution in [0.3, 0.4) is 0 Å². The van der Waals surface area contributed by atoms with E-state index in [0.717, 1.165) is 10.8 Å². The molecule has 1 aliphatic heterocycles. The number of aromatic amines is 1. The van der Waals surface area contributed by atoms with E-state index < -0.39 is 5.82 Å². The van der Waals surface area contributed by atoms with E-state index >= 15 is 0 Å². The van der Waals surface area contributed by atoms with Gasteiger partial charge in [0.05, 0.1) is 12.2 Å². The van der Waals surface area contributed by atoms with Gasteiger partial charge in [-0.1, -0.05) is 12.1 Å². The van der Waals surface area contributed by atoms with Crippen molar-refractivity contribution in [1.82, 2.24) is 4.98 Å². The van der Waals surface area contributed by atoms with Crippen molar-refractivity contribution in [3.05, 3.63) is 47.9 Å². The van der Waals surface area contributed by atoms with Crippen LogP contribution in [0.5, 0.6) is 5.75 Å². The molecule has 24 heavy (non-hydrogen) atoms. The number of rotatable bonds is 5. The molecule has 0 aliphatic carbocycles. The summed E-state index contributed by atoms with van der Waals surface area (Å²) in [6, 6.07) is 8.65. The van der Waals surface area contributed by atoms with E-state index in [-0.39, 0.29) is 12.5 Å². The lowest BCUT2D eigenvalue weighted by Crippen LogP contribution is -2.06. The van der Waals surface area contributed by atoms with E-state index in [2.05, 4.69) is 10.3 Å². The lowest BCUT2D eigenvalue weighted by molar-refractivity contribution is 0.103. The van der Waals surface area contributed by atoms with Crippen molar-refractivity contribution < 1.29 is 19.0 Å². The molecule has 0 saturated heterocycles. The molecule has 1 aromatic heterocycles. The third-order valence-electron chi connectivity index (χ3n) is 4.10. The Bertz CT molecular complexity index is 949. The van der Waals surface area contributed by atoms with E-state index in [1.165, 1.54) is 12.3 Å². The Morgan fingerprint density at radius 3 is 2.88 bits per heavy atom. The van der Waals surface area contributed by atoms with Crippen molar-refractivity contribution in [2.75, 3.05) is 18.5 Å². The first-order valence-corrected chi connectivity index (χ1v) is 7.68. The largest absolute Gasteiger partial charge is 0.493 e. The van der Waals surface area contributed by atoms with Gasteiger partial charge in [-0.05, 0) is 18.2 Å². The number of halogens is 1. The molecule has 1 amide bonds. The standard InChI is InChI=1S/C18H15FN2O3/c19-10-7-14(20-9-10)12-8-15(24-6-2-5-22)11-3-1-4-13-16(11)17(12)18(23)21-13/h1,3-4,7-9,20,22H,2,5-6H2,(H,21,23). The third-order valence-corrected chi connectivity index (χ3v) is 4.10. The number of carbonyl (C=O) groups excluding carboxylic acids is 1. The lowest BCUT2D eigenvalue weighted by Gasteiger charge is -2.13. The third kappa shape index (κ3) is 2.23. The number of aliphatic hydroxyl groups excluding tert-OH is 1. The number of carbonyl (C=O) groups is 1. The summed E-state index contributed by atoms with van der Waals surface area (Å²) in [5.41, 5.74) is 2.33. The van der Waals surface area contributed by atoms with Crippen LogP contribution in [0.15, 0.2) is 36.5 Å². The molecule has 5 nitrogen and oxygen atoms in total. The maximum Gasteiger partial charge on any atom is 0.257 e. The second-order valence-electron chi connectivity index (χ2n) is 5.64. The highest BCUT2D eigenvalue weighted by atomic mass is 19.1. The monoisotopic (exact) mass is 326 g/mol. The van der Waals surface area contributed by atoms with Gasteiger partial charge in [0.25, 0.3) is 5.91 Å². The summed E-state index contributed by atoms with van der Waals surface area (Å²) in [6.07, 6.45) is 1.75. The van der Waals surface area contributed by atoms with Crippen LogP contribution in [0.2, 0.25) is 0 Å². The molecule has 122 valence electrons. The summed E-state index contributed by atoms with van der Waals surface area (Å²) in [5.74, 6) is -0.00888. The Morgan fingerprint density at radius 1 is 1.25 bits per heavy atom. The van der Waals surface area contributed by atoms with Crippen molar-refractivity contribution in [3.63, 3.8) is 0 Å². The van der Waals surface area contributed by atoms with Crippen LogP contribution >= 0.6 is 0 Å². The summed E-state index contributed by atoms with van der Waals surface area (Å²) >= 11 is 0. The van der Waals surface area contributed by atoms with E-state index in [1.54, 1.807) is 6.07 Å². The molecule has 2 heterocycles. The summed E-state index contributed by atoms with van der Waals surface area (Å²) < 4.78 is 19.2. The van der Waals surface area contributed by atoms with Crippen LogP contribution in [-0.2, 0) is 0 Å². The highest BCUT2D eigenvalue weighted by Crippen LogP contribution is 2.43. The van der Waals surface area contributed by atoms with Crippen LogP contribution in [-0.4, -0.2) is 29.2 Å². The normalized spacial score (nSPS) is 12.7. The molecule has 6 heteroatoms. The Kier molecular flexibility index (Phi) is 3.46. The Balaban J connectivity index is 1.96. The number of hydrogen-bond donors (Lipinski definition) is 3. The van der Waals surface area contributed by atoms with Gasteiger partial charge in [-0.3, -0.25) is 4.79 Å². The van der Waals surface area contributed by atoms with Crippen LogP contribution in [0.25, 0.3) is 22.0 Å². The van der Waals surface area contributed by atoms with Gasteiger partial charge in [0.2, 0.25) is 0 Å². The van der Waals surface area contributed by atoms with Gasteiger partial charge in [0.1, 0.15) is 11.6 Å². The second kappa shape index (κ2) is 5.65. The lowest BCUT2D eigenvalue weighted by atomic mass is 9.97. The molecule has 0 spiro atoms. The van der Waals surface area contributed by atoms with Gasteiger partial charge in [0.15, 0.2) is 0 Å². The molecule has 1 aliphatic rings. The SMILES string of the molecule is O=C1Nc2cccc3c(OCCCO)cc(-c4cc(F)c[nH]4)c1c23. The van der Waals surface area contributed by atoms with Crippen molar-refractivity contribution in [2.45, 2.75) is 6.42 Å². The molecule has 3 N–H and O–H groups in total. The van der Waals surface area contributed by atoms with E-state index in [1.807, 2.05) is 18.2 Å². The van der Waals surface area contributed by atoms with Gasteiger partial charge in [-0.2, -0.15) is 0 Å². The number of hydrogen-bond acceptors (Lipinski definition) is 3. The molecule has 0 bridgehead atoms. The molecule has 3 aromatic rings. The smallest absolute Gasteiger partial charge is 0.257 e. The van der Waals surface area contributed by atoms with Gasteiger partial charge in [-0.25, -0.2) is 4.39 Å². The molecule has 0 fully saturated rings. The van der Waals surface area contributed by atoms with E-state index in [9.17, 15) is 9.18 Å². The highest BCUT2D eigenvalue weighted by Gasteiger charge is 2.28. The highest BCUT2D eigenvalue weighted by molar-refractivity contribution is 6.27. The molecule has 0 radical (unpaired) electrons. The van der Waals surface area contributed by atoms with Gasteiger partial charge in [-0.15, -0.1) is 0 Å². The minimum Gasteiger partial charge on any atom is -0.493 e. The predicted octanol–water partition coefficient (Wildman–Crippen LogP) is 3.30. The Hall–Kier alpha value is -2.86. The maximum atomic E-state index is 13.4. The number of nitrogens with one attached hydrogen (secondary N) is 2. The molecule has 0 unspecified atom stereocenters. The fraction of sp³-hybridized carbons (Fsp3) is 0.167. The van der Waals surface area contributed by atoms with Crippen LogP contribution in [0.1, 0.15) is 16.8 Å². The number of H-pyrrole nitrogens is 1. The maximum absolute atomic E-state index is 13.4. The van der Waals surface area contributed by atoms with Crippen molar-refractivity contribution >= 4 is 22.4 Å². The summed E-state index contributed by atoms with van der Waals surface area (Å²) in [4.78, 5) is 15.3. The first-order valence-electron chi connectivity index (χ1n) is 7.68. The Labute approximate surface area is 137 Å². The summed E-state index contributed by atoms with van der Waals surface area (Å²) in [7, 11) is 0. The first-order chi connectivity index (χ1) is 11.7. The Morgan fingerprint density at radius 2 is 2.12 bits per heavy atom. The molecule has 4 rings (SSSR count). The van der Waals surface area contributed by atoms with Crippen molar-refractivity contribution in [3.8, 4) is 17.0 Å². The van der Waals surface area contributed by atoms with Crippen molar-refractivity contribution in [2.24, 2.45) is 0 Å².